The first kappa shape index (κ1) is 13.9. The van der Waals surface area contributed by atoms with Gasteiger partial charge in [0, 0.05) is 29.5 Å². The predicted octanol–water partition coefficient (Wildman–Crippen LogP) is 4.65. The second-order valence-electron chi connectivity index (χ2n) is 5.64. The number of pyridine rings is 1. The lowest BCUT2D eigenvalue weighted by molar-refractivity contribution is 0.272. The molecule has 0 fully saturated rings. The quantitative estimate of drug-likeness (QED) is 0.664. The van der Waals surface area contributed by atoms with E-state index >= 15 is 0 Å². The molecule has 1 aliphatic heterocycles. The van der Waals surface area contributed by atoms with Gasteiger partial charge in [0.1, 0.15) is 11.3 Å². The van der Waals surface area contributed by atoms with Crippen molar-refractivity contribution >= 4 is 26.8 Å². The highest BCUT2D eigenvalue weighted by molar-refractivity contribution is 9.10. The zero-order valence-electron chi connectivity index (χ0n) is 11.9. The molecule has 110 valence electrons. The van der Waals surface area contributed by atoms with E-state index in [1.165, 1.54) is 17.2 Å². The number of nitrogens with zero attached hydrogens (tertiary/aromatic N) is 2. The Morgan fingerprint density at radius 2 is 1.77 bits per heavy atom. The highest BCUT2D eigenvalue weighted by Gasteiger charge is 2.20. The highest BCUT2D eigenvalue weighted by Crippen LogP contribution is 2.28. The summed E-state index contributed by atoms with van der Waals surface area (Å²) in [7, 11) is 0. The van der Waals surface area contributed by atoms with Crippen LogP contribution >= 0.6 is 15.9 Å². The molecule has 1 aliphatic rings. The third-order valence-corrected chi connectivity index (χ3v) is 4.79. The molecule has 0 N–H and O–H groups in total. The molecule has 0 spiro atoms. The van der Waals surface area contributed by atoms with Crippen LogP contribution in [0, 0.1) is 5.82 Å². The summed E-state index contributed by atoms with van der Waals surface area (Å²) < 4.78 is 14.9. The van der Waals surface area contributed by atoms with Crippen LogP contribution in [-0.4, -0.2) is 9.88 Å². The topological polar surface area (TPSA) is 16.1 Å². The Morgan fingerprint density at radius 3 is 2.50 bits per heavy atom. The van der Waals surface area contributed by atoms with Crippen molar-refractivity contribution < 1.29 is 4.39 Å². The van der Waals surface area contributed by atoms with Gasteiger partial charge in [-0.25, -0.2) is 9.37 Å². The van der Waals surface area contributed by atoms with Gasteiger partial charge < -0.3 is 0 Å². The molecule has 0 saturated heterocycles. The molecule has 4 heteroatoms. The van der Waals surface area contributed by atoms with E-state index < -0.39 is 0 Å². The van der Waals surface area contributed by atoms with Crippen molar-refractivity contribution in [2.24, 2.45) is 0 Å². The number of hydrogen-bond donors (Lipinski definition) is 0. The van der Waals surface area contributed by atoms with Gasteiger partial charge >= 0.3 is 0 Å². The summed E-state index contributed by atoms with van der Waals surface area (Å²) in [6.45, 7) is 2.54. The minimum Gasteiger partial charge on any atom is -0.289 e. The van der Waals surface area contributed by atoms with Gasteiger partial charge in [-0.15, -0.1) is 0 Å². The van der Waals surface area contributed by atoms with Gasteiger partial charge in [-0.1, -0.05) is 36.4 Å². The lowest BCUT2D eigenvalue weighted by Gasteiger charge is -2.16. The first-order chi connectivity index (χ1) is 10.7. The molecule has 0 bridgehead atoms. The van der Waals surface area contributed by atoms with Crippen molar-refractivity contribution in [3.05, 3.63) is 75.6 Å². The number of para-hydroxylation sites is 1. The molecular formula is C18H14BrFN2. The van der Waals surface area contributed by atoms with Crippen molar-refractivity contribution in [3.63, 3.8) is 0 Å². The summed E-state index contributed by atoms with van der Waals surface area (Å²) in [5, 5.41) is 0.820. The third-order valence-electron chi connectivity index (χ3n) is 4.10. The standard InChI is InChI=1S/C18H14BrFN2/c19-15-8-12-6-3-7-16(20)18(12)21-17(15)11-22-9-13-4-1-2-5-14(13)10-22/h1-8H,9-11H2. The van der Waals surface area contributed by atoms with Crippen LogP contribution in [0.15, 0.2) is 53.0 Å². The first-order valence-corrected chi connectivity index (χ1v) is 8.03. The summed E-state index contributed by atoms with van der Waals surface area (Å²) in [6.07, 6.45) is 0. The van der Waals surface area contributed by atoms with Crippen LogP contribution in [0.2, 0.25) is 0 Å². The van der Waals surface area contributed by atoms with Gasteiger partial charge in [0.2, 0.25) is 0 Å². The van der Waals surface area contributed by atoms with Crippen LogP contribution in [0.4, 0.5) is 4.39 Å². The number of rotatable bonds is 2. The van der Waals surface area contributed by atoms with E-state index in [1.807, 2.05) is 12.1 Å². The average Bonchev–Trinajstić information content (AvgIpc) is 2.91. The van der Waals surface area contributed by atoms with E-state index in [1.54, 1.807) is 6.07 Å². The maximum Gasteiger partial charge on any atom is 0.149 e. The molecule has 2 heterocycles. The Bertz CT molecular complexity index is 838. The first-order valence-electron chi connectivity index (χ1n) is 7.23. The molecular weight excluding hydrogens is 343 g/mol. The number of halogens is 2. The van der Waals surface area contributed by atoms with E-state index in [4.69, 9.17) is 0 Å². The van der Waals surface area contributed by atoms with Crippen LogP contribution in [0.1, 0.15) is 16.8 Å². The van der Waals surface area contributed by atoms with Crippen molar-refractivity contribution in [3.8, 4) is 0 Å². The Balaban J connectivity index is 1.65. The Labute approximate surface area is 136 Å². The van der Waals surface area contributed by atoms with Gasteiger partial charge in [0.05, 0.1) is 5.69 Å². The number of benzene rings is 2. The molecule has 3 aromatic rings. The van der Waals surface area contributed by atoms with E-state index in [2.05, 4.69) is 50.1 Å². The summed E-state index contributed by atoms with van der Waals surface area (Å²) in [5.41, 5.74) is 4.05. The smallest absolute Gasteiger partial charge is 0.149 e. The van der Waals surface area contributed by atoms with Crippen LogP contribution in [-0.2, 0) is 19.6 Å². The lowest BCUT2D eigenvalue weighted by atomic mass is 10.1. The molecule has 0 unspecified atom stereocenters. The summed E-state index contributed by atoms with van der Waals surface area (Å²) in [6, 6.07) is 15.5. The second-order valence-corrected chi connectivity index (χ2v) is 6.50. The van der Waals surface area contributed by atoms with Crippen LogP contribution < -0.4 is 0 Å². The molecule has 0 saturated carbocycles. The normalized spacial score (nSPS) is 14.5. The summed E-state index contributed by atoms with van der Waals surface area (Å²) in [5.74, 6) is -0.268. The van der Waals surface area contributed by atoms with E-state index in [0.29, 0.717) is 12.1 Å². The zero-order valence-corrected chi connectivity index (χ0v) is 13.5. The SMILES string of the molecule is Fc1cccc2cc(Br)c(CN3Cc4ccccc4C3)nc12. The molecule has 0 radical (unpaired) electrons. The summed E-state index contributed by atoms with van der Waals surface area (Å²) >= 11 is 3.57. The third kappa shape index (κ3) is 2.42. The van der Waals surface area contributed by atoms with Gasteiger partial charge in [0.15, 0.2) is 0 Å². The van der Waals surface area contributed by atoms with Crippen LogP contribution in [0.5, 0.6) is 0 Å². The molecule has 0 aliphatic carbocycles. The molecule has 1 aromatic heterocycles. The Morgan fingerprint density at radius 1 is 1.05 bits per heavy atom. The highest BCUT2D eigenvalue weighted by atomic mass is 79.9. The molecule has 2 nitrogen and oxygen atoms in total. The van der Waals surface area contributed by atoms with Crippen molar-refractivity contribution in [1.82, 2.24) is 9.88 Å². The fourth-order valence-corrected chi connectivity index (χ4v) is 3.47. The van der Waals surface area contributed by atoms with E-state index in [-0.39, 0.29) is 5.82 Å². The van der Waals surface area contributed by atoms with Gasteiger partial charge in [-0.05, 0) is 39.2 Å². The maximum atomic E-state index is 13.9. The fourth-order valence-electron chi connectivity index (χ4n) is 3.01. The van der Waals surface area contributed by atoms with Crippen molar-refractivity contribution in [1.29, 1.82) is 0 Å². The number of hydrogen-bond acceptors (Lipinski definition) is 2. The molecule has 4 rings (SSSR count). The lowest BCUT2D eigenvalue weighted by Crippen LogP contribution is -2.17. The van der Waals surface area contributed by atoms with Gasteiger partial charge in [-0.2, -0.15) is 0 Å². The largest absolute Gasteiger partial charge is 0.289 e. The van der Waals surface area contributed by atoms with Crippen LogP contribution in [0.25, 0.3) is 10.9 Å². The Kier molecular flexibility index (Phi) is 3.43. The predicted molar refractivity (Wildman–Crippen MR) is 88.8 cm³/mol. The van der Waals surface area contributed by atoms with E-state index in [0.717, 1.165) is 28.6 Å². The molecule has 22 heavy (non-hydrogen) atoms. The van der Waals surface area contributed by atoms with Crippen molar-refractivity contribution in [2.45, 2.75) is 19.6 Å². The summed E-state index contributed by atoms with van der Waals surface area (Å²) in [4.78, 5) is 6.86. The second kappa shape index (κ2) is 5.45. The number of fused-ring (bicyclic) bond motifs is 2. The van der Waals surface area contributed by atoms with Crippen LogP contribution in [0.3, 0.4) is 0 Å². The maximum absolute atomic E-state index is 13.9. The molecule has 0 atom stereocenters. The minimum absolute atomic E-state index is 0.268. The molecule has 0 amide bonds. The zero-order chi connectivity index (χ0) is 15.1. The fraction of sp³-hybridized carbons (Fsp3) is 0.167. The monoisotopic (exact) mass is 356 g/mol. The van der Waals surface area contributed by atoms with Gasteiger partial charge in [-0.3, -0.25) is 4.90 Å². The van der Waals surface area contributed by atoms with E-state index in [9.17, 15) is 4.39 Å². The minimum atomic E-state index is -0.268. The Hall–Kier alpha value is -1.78. The van der Waals surface area contributed by atoms with Gasteiger partial charge in [0.25, 0.3) is 0 Å². The molecule has 2 aromatic carbocycles. The van der Waals surface area contributed by atoms with Crippen molar-refractivity contribution in [2.75, 3.05) is 0 Å². The average molecular weight is 357 g/mol. The number of aromatic nitrogens is 1.